The molecule has 0 spiro atoms. The number of nitrogens with one attached hydrogen (secondary N) is 2. The van der Waals surface area contributed by atoms with Crippen molar-refractivity contribution in [2.75, 3.05) is 13.1 Å². The van der Waals surface area contributed by atoms with Crippen LogP contribution < -0.4 is 21.1 Å². The van der Waals surface area contributed by atoms with Crippen molar-refractivity contribution in [2.45, 2.75) is 38.0 Å². The standard InChI is InChI=1S/C18H23N5O3/c1-22-18(25)23-8-3-2-7-19-17(24)15-10-14(11-20-15)26-13-6-4-5-12(9-13)16(23)21-22/h4-6,9,14-15,20H,2-3,7-8,10-11H2,1H3,(H,19,24)/t14-,15-/m0/s1. The van der Waals surface area contributed by atoms with E-state index in [0.717, 1.165) is 24.2 Å². The van der Waals surface area contributed by atoms with Crippen LogP contribution in [0.25, 0.3) is 11.4 Å². The van der Waals surface area contributed by atoms with Gasteiger partial charge in [-0.3, -0.25) is 9.36 Å². The average molecular weight is 357 g/mol. The summed E-state index contributed by atoms with van der Waals surface area (Å²) in [6, 6.07) is 7.42. The average Bonchev–Trinajstić information content (AvgIpc) is 3.20. The van der Waals surface area contributed by atoms with Crippen molar-refractivity contribution in [2.24, 2.45) is 7.05 Å². The molecule has 1 aromatic carbocycles. The lowest BCUT2D eigenvalue weighted by atomic mass is 10.1. The molecule has 26 heavy (non-hydrogen) atoms. The first-order valence-electron chi connectivity index (χ1n) is 9.04. The summed E-state index contributed by atoms with van der Waals surface area (Å²) in [6.07, 6.45) is 2.18. The van der Waals surface area contributed by atoms with Gasteiger partial charge in [0.1, 0.15) is 11.9 Å². The minimum Gasteiger partial charge on any atom is -0.489 e. The highest BCUT2D eigenvalue weighted by atomic mass is 16.5. The molecule has 0 aliphatic carbocycles. The first-order chi connectivity index (χ1) is 12.6. The molecule has 2 atom stereocenters. The number of carbonyl (C=O) groups is 1. The zero-order valence-corrected chi connectivity index (χ0v) is 14.8. The monoisotopic (exact) mass is 357 g/mol. The molecule has 3 heterocycles. The minimum absolute atomic E-state index is 0.0129. The van der Waals surface area contributed by atoms with Crippen LogP contribution in [0.15, 0.2) is 29.1 Å². The van der Waals surface area contributed by atoms with Gasteiger partial charge in [-0.1, -0.05) is 12.1 Å². The van der Waals surface area contributed by atoms with E-state index >= 15 is 0 Å². The highest BCUT2D eigenvalue weighted by molar-refractivity contribution is 5.82. The smallest absolute Gasteiger partial charge is 0.345 e. The van der Waals surface area contributed by atoms with Crippen molar-refractivity contribution < 1.29 is 9.53 Å². The predicted octanol–water partition coefficient (Wildman–Crippen LogP) is 0.268. The molecule has 1 fully saturated rings. The van der Waals surface area contributed by atoms with Crippen molar-refractivity contribution in [1.29, 1.82) is 0 Å². The number of rotatable bonds is 0. The fourth-order valence-corrected chi connectivity index (χ4v) is 3.54. The predicted molar refractivity (Wildman–Crippen MR) is 96.0 cm³/mol. The third-order valence-electron chi connectivity index (χ3n) is 4.92. The lowest BCUT2D eigenvalue weighted by Crippen LogP contribution is -2.40. The van der Waals surface area contributed by atoms with E-state index in [0.29, 0.717) is 31.9 Å². The number of amides is 1. The van der Waals surface area contributed by atoms with Crippen LogP contribution in [0, 0.1) is 0 Å². The molecule has 2 aromatic rings. The Labute approximate surface area is 151 Å². The second kappa shape index (κ2) is 6.95. The molecule has 4 rings (SSSR count). The summed E-state index contributed by atoms with van der Waals surface area (Å²) in [5, 5.41) is 10.6. The van der Waals surface area contributed by atoms with Crippen LogP contribution in [0.5, 0.6) is 5.75 Å². The molecule has 0 radical (unpaired) electrons. The van der Waals surface area contributed by atoms with Gasteiger partial charge in [-0.2, -0.15) is 0 Å². The molecular weight excluding hydrogens is 334 g/mol. The van der Waals surface area contributed by atoms with Crippen LogP contribution in [0.3, 0.4) is 0 Å². The van der Waals surface area contributed by atoms with Crippen LogP contribution in [0.2, 0.25) is 0 Å². The maximum absolute atomic E-state index is 12.4. The Balaban J connectivity index is 1.69. The van der Waals surface area contributed by atoms with Crippen molar-refractivity contribution in [3.05, 3.63) is 34.7 Å². The third-order valence-corrected chi connectivity index (χ3v) is 4.92. The first-order valence-corrected chi connectivity index (χ1v) is 9.04. The maximum atomic E-state index is 12.4. The SMILES string of the molecule is Cn1nc2n(c1=O)CCCCNC(=O)[C@@H]1C[C@@H](CN1)Oc1cccc-2c1. The number of benzene rings is 1. The van der Waals surface area contributed by atoms with Gasteiger partial charge in [0.05, 0.1) is 6.04 Å². The maximum Gasteiger partial charge on any atom is 0.345 e. The van der Waals surface area contributed by atoms with E-state index in [1.54, 1.807) is 11.6 Å². The van der Waals surface area contributed by atoms with Gasteiger partial charge in [-0.25, -0.2) is 9.48 Å². The topological polar surface area (TPSA) is 90.2 Å². The van der Waals surface area contributed by atoms with Gasteiger partial charge in [0.15, 0.2) is 5.82 Å². The van der Waals surface area contributed by atoms with Crippen LogP contribution in [-0.2, 0) is 18.4 Å². The zero-order chi connectivity index (χ0) is 18.1. The zero-order valence-electron chi connectivity index (χ0n) is 14.8. The van der Waals surface area contributed by atoms with Crippen molar-refractivity contribution in [1.82, 2.24) is 25.0 Å². The largest absolute Gasteiger partial charge is 0.489 e. The van der Waals surface area contributed by atoms with Crippen LogP contribution in [0.4, 0.5) is 0 Å². The summed E-state index contributed by atoms with van der Waals surface area (Å²) in [5.74, 6) is 1.37. The first kappa shape index (κ1) is 16.8. The summed E-state index contributed by atoms with van der Waals surface area (Å²) in [7, 11) is 1.66. The number of ether oxygens (including phenoxy) is 1. The molecule has 1 aromatic heterocycles. The number of aromatic nitrogens is 3. The summed E-state index contributed by atoms with van der Waals surface area (Å²) in [6.45, 7) is 1.80. The molecular formula is C18H23N5O3. The molecule has 1 amide bonds. The van der Waals surface area contributed by atoms with Crippen LogP contribution in [0.1, 0.15) is 19.3 Å². The van der Waals surface area contributed by atoms with Gasteiger partial charge >= 0.3 is 5.69 Å². The van der Waals surface area contributed by atoms with E-state index in [4.69, 9.17) is 4.74 Å². The van der Waals surface area contributed by atoms with Gasteiger partial charge < -0.3 is 15.4 Å². The normalized spacial score (nSPS) is 23.3. The van der Waals surface area contributed by atoms with E-state index in [1.165, 1.54) is 4.68 Å². The Kier molecular flexibility index (Phi) is 4.50. The van der Waals surface area contributed by atoms with Gasteiger partial charge in [-0.15, -0.1) is 5.10 Å². The molecule has 0 saturated carbocycles. The molecule has 1 saturated heterocycles. The van der Waals surface area contributed by atoms with Gasteiger partial charge in [-0.05, 0) is 25.0 Å². The lowest BCUT2D eigenvalue weighted by Gasteiger charge is -2.14. The summed E-state index contributed by atoms with van der Waals surface area (Å²) in [4.78, 5) is 24.7. The minimum atomic E-state index is -0.212. The van der Waals surface area contributed by atoms with Crippen molar-refractivity contribution in [3.8, 4) is 17.1 Å². The van der Waals surface area contributed by atoms with E-state index in [9.17, 15) is 9.59 Å². The van der Waals surface area contributed by atoms with Gasteiger partial charge in [0.25, 0.3) is 0 Å². The number of nitrogens with zero attached hydrogens (tertiary/aromatic N) is 3. The number of hydrogen-bond acceptors (Lipinski definition) is 5. The van der Waals surface area contributed by atoms with E-state index in [1.807, 2.05) is 24.3 Å². The third kappa shape index (κ3) is 3.24. The van der Waals surface area contributed by atoms with Crippen LogP contribution >= 0.6 is 0 Å². The Morgan fingerprint density at radius 3 is 3.04 bits per heavy atom. The van der Waals surface area contributed by atoms with Crippen molar-refractivity contribution in [3.63, 3.8) is 0 Å². The number of hydrogen-bond donors (Lipinski definition) is 2. The van der Waals surface area contributed by atoms with Crippen LogP contribution in [-0.4, -0.2) is 45.5 Å². The summed E-state index contributed by atoms with van der Waals surface area (Å²) < 4.78 is 9.11. The molecule has 8 nitrogen and oxygen atoms in total. The Morgan fingerprint density at radius 1 is 1.27 bits per heavy atom. The number of fused-ring (bicyclic) bond motifs is 6. The van der Waals surface area contributed by atoms with Crippen molar-refractivity contribution >= 4 is 5.91 Å². The quantitative estimate of drug-likeness (QED) is 0.706. The Hall–Kier alpha value is -2.61. The molecule has 138 valence electrons. The van der Waals surface area contributed by atoms with E-state index < -0.39 is 0 Å². The summed E-state index contributed by atoms with van der Waals surface area (Å²) in [5.41, 5.74) is 0.717. The van der Waals surface area contributed by atoms with Gasteiger partial charge in [0.2, 0.25) is 5.91 Å². The molecule has 0 unspecified atom stereocenters. The Bertz CT molecular complexity index is 872. The molecule has 2 aliphatic rings. The van der Waals surface area contributed by atoms with Gasteiger partial charge in [0, 0.05) is 38.7 Å². The molecule has 4 bridgehead atoms. The fraction of sp³-hybridized carbons (Fsp3) is 0.500. The fourth-order valence-electron chi connectivity index (χ4n) is 3.54. The number of aryl methyl sites for hydroxylation is 1. The highest BCUT2D eigenvalue weighted by Crippen LogP contribution is 2.24. The highest BCUT2D eigenvalue weighted by Gasteiger charge is 2.30. The lowest BCUT2D eigenvalue weighted by molar-refractivity contribution is -0.122. The number of carbonyl (C=O) groups excluding carboxylic acids is 1. The van der Waals surface area contributed by atoms with E-state index in [2.05, 4.69) is 15.7 Å². The molecule has 2 aliphatic heterocycles. The summed E-state index contributed by atoms with van der Waals surface area (Å²) >= 11 is 0. The Morgan fingerprint density at radius 2 is 2.15 bits per heavy atom. The second-order valence-corrected chi connectivity index (χ2v) is 6.84. The molecule has 8 heteroatoms. The second-order valence-electron chi connectivity index (χ2n) is 6.84. The molecule has 2 N–H and O–H groups in total. The van der Waals surface area contributed by atoms with E-state index in [-0.39, 0.29) is 23.7 Å².